The van der Waals surface area contributed by atoms with Crippen LogP contribution in [0.2, 0.25) is 5.02 Å². The molecule has 1 amide bonds. The number of carbonyl (C=O) groups is 1. The van der Waals surface area contributed by atoms with Gasteiger partial charge >= 0.3 is 6.18 Å². The van der Waals surface area contributed by atoms with E-state index in [-0.39, 0.29) is 16.5 Å². The predicted molar refractivity (Wildman–Crippen MR) is 95.9 cm³/mol. The molecular formula is C17H14ClF3N2O4S. The third kappa shape index (κ3) is 3.61. The molecule has 0 radical (unpaired) electrons. The molecule has 1 aliphatic heterocycles. The van der Waals surface area contributed by atoms with Crippen LogP contribution in [0.3, 0.4) is 0 Å². The highest BCUT2D eigenvalue weighted by molar-refractivity contribution is 7.93. The number of benzene rings is 2. The van der Waals surface area contributed by atoms with Crippen LogP contribution < -0.4 is 14.4 Å². The Balaban J connectivity index is 2.14. The van der Waals surface area contributed by atoms with Crippen molar-refractivity contribution in [2.24, 2.45) is 0 Å². The number of hydrogen-bond acceptors (Lipinski definition) is 4. The topological polar surface area (TPSA) is 75.7 Å². The summed E-state index contributed by atoms with van der Waals surface area (Å²) in [7, 11) is -3.17. The molecule has 150 valence electrons. The molecule has 1 aliphatic rings. The van der Waals surface area contributed by atoms with Crippen LogP contribution in [-0.4, -0.2) is 34.0 Å². The first-order valence-electron chi connectivity index (χ1n) is 7.92. The fourth-order valence-electron chi connectivity index (χ4n) is 2.72. The number of rotatable bonds is 3. The number of carbonyl (C=O) groups excluding carboxylic acids is 1. The summed E-state index contributed by atoms with van der Waals surface area (Å²) in [4.78, 5) is 11.3. The van der Waals surface area contributed by atoms with E-state index in [1.165, 1.54) is 19.2 Å². The smallest absolute Gasteiger partial charge is 0.416 e. The van der Waals surface area contributed by atoms with E-state index < -0.39 is 45.2 Å². The zero-order valence-electron chi connectivity index (χ0n) is 14.3. The lowest BCUT2D eigenvalue weighted by Gasteiger charge is -2.34. The summed E-state index contributed by atoms with van der Waals surface area (Å²) >= 11 is 5.92. The first-order chi connectivity index (χ1) is 13.1. The third-order valence-electron chi connectivity index (χ3n) is 4.10. The molecule has 11 heteroatoms. The molecule has 0 spiro atoms. The van der Waals surface area contributed by atoms with Crippen molar-refractivity contribution in [3.8, 4) is 5.75 Å². The minimum atomic E-state index is -4.75. The van der Waals surface area contributed by atoms with E-state index in [2.05, 4.69) is 5.32 Å². The van der Waals surface area contributed by atoms with Gasteiger partial charge in [0.15, 0.2) is 6.10 Å². The summed E-state index contributed by atoms with van der Waals surface area (Å²) in [5.41, 5.74) is -1.06. The highest BCUT2D eigenvalue weighted by atomic mass is 35.5. The molecule has 0 saturated heterocycles. The van der Waals surface area contributed by atoms with E-state index in [0.717, 1.165) is 10.4 Å². The van der Waals surface area contributed by atoms with Crippen LogP contribution in [0.1, 0.15) is 5.56 Å². The number of sulfonamides is 1. The fourth-order valence-corrected chi connectivity index (χ4v) is 4.70. The van der Waals surface area contributed by atoms with E-state index in [1.807, 2.05) is 0 Å². The number of likely N-dealkylation sites (N-methyl/N-ethyl adjacent to an activating group) is 1. The Labute approximate surface area is 163 Å². The Hall–Kier alpha value is -2.46. The van der Waals surface area contributed by atoms with Crippen molar-refractivity contribution >= 4 is 33.2 Å². The zero-order chi connectivity index (χ0) is 20.7. The number of fused-ring (bicyclic) bond motifs is 1. The van der Waals surface area contributed by atoms with Crippen molar-refractivity contribution in [1.82, 2.24) is 5.32 Å². The van der Waals surface area contributed by atoms with Gasteiger partial charge in [0.05, 0.1) is 22.8 Å². The lowest BCUT2D eigenvalue weighted by atomic mass is 10.2. The average molecular weight is 435 g/mol. The summed E-state index contributed by atoms with van der Waals surface area (Å²) < 4.78 is 71.9. The predicted octanol–water partition coefficient (Wildman–Crippen LogP) is 3.06. The number of amides is 1. The number of halogens is 4. The first kappa shape index (κ1) is 20.3. The van der Waals surface area contributed by atoms with Crippen LogP contribution >= 0.6 is 11.6 Å². The molecule has 0 fully saturated rings. The molecule has 6 nitrogen and oxygen atoms in total. The Morgan fingerprint density at radius 2 is 1.93 bits per heavy atom. The highest BCUT2D eigenvalue weighted by Gasteiger charge is 2.39. The van der Waals surface area contributed by atoms with Crippen LogP contribution in [0.25, 0.3) is 0 Å². The van der Waals surface area contributed by atoms with Gasteiger partial charge in [-0.2, -0.15) is 13.2 Å². The average Bonchev–Trinajstić information content (AvgIpc) is 2.65. The van der Waals surface area contributed by atoms with E-state index in [9.17, 15) is 26.4 Å². The molecule has 0 saturated carbocycles. The number of anilines is 1. The molecule has 1 unspecified atom stereocenters. The number of nitrogens with one attached hydrogen (secondary N) is 1. The van der Waals surface area contributed by atoms with Crippen LogP contribution in [0.15, 0.2) is 47.4 Å². The highest BCUT2D eigenvalue weighted by Crippen LogP contribution is 2.39. The van der Waals surface area contributed by atoms with Crippen molar-refractivity contribution < 1.29 is 31.1 Å². The summed E-state index contributed by atoms with van der Waals surface area (Å²) in [5.74, 6) is -0.473. The van der Waals surface area contributed by atoms with Crippen LogP contribution in [0.4, 0.5) is 18.9 Å². The van der Waals surface area contributed by atoms with E-state index in [0.29, 0.717) is 12.1 Å². The SMILES string of the molecule is CNC(=O)C1CN(S(=O)(=O)c2cc(C(F)(F)F)ccc2Cl)c2ccccc2O1. The summed E-state index contributed by atoms with van der Waals surface area (Å²) in [6.45, 7) is -0.425. The second-order valence-electron chi connectivity index (χ2n) is 5.87. The second kappa shape index (κ2) is 7.17. The number of para-hydroxylation sites is 2. The Bertz CT molecular complexity index is 1030. The molecule has 0 aliphatic carbocycles. The van der Waals surface area contributed by atoms with Gasteiger partial charge in [-0.05, 0) is 30.3 Å². The van der Waals surface area contributed by atoms with Crippen LogP contribution in [0, 0.1) is 0 Å². The molecule has 1 atom stereocenters. The molecule has 1 N–H and O–H groups in total. The van der Waals surface area contributed by atoms with E-state index in [1.54, 1.807) is 12.1 Å². The lowest BCUT2D eigenvalue weighted by molar-refractivity contribution is -0.137. The quantitative estimate of drug-likeness (QED) is 0.805. The molecule has 2 aromatic rings. The Morgan fingerprint density at radius 3 is 2.57 bits per heavy atom. The summed E-state index contributed by atoms with van der Waals surface area (Å²) in [6, 6.07) is 8.05. The van der Waals surface area contributed by atoms with Gasteiger partial charge in [-0.25, -0.2) is 8.42 Å². The molecular weight excluding hydrogens is 421 g/mol. The zero-order valence-corrected chi connectivity index (χ0v) is 15.9. The van der Waals surface area contributed by atoms with E-state index >= 15 is 0 Å². The normalized spacial score (nSPS) is 16.9. The fraction of sp³-hybridized carbons (Fsp3) is 0.235. The molecule has 28 heavy (non-hydrogen) atoms. The third-order valence-corrected chi connectivity index (χ3v) is 6.36. The Morgan fingerprint density at radius 1 is 1.25 bits per heavy atom. The Kier molecular flexibility index (Phi) is 5.20. The van der Waals surface area contributed by atoms with Gasteiger partial charge in [0, 0.05) is 7.05 Å². The van der Waals surface area contributed by atoms with Gasteiger partial charge in [0.2, 0.25) is 0 Å². The standard InChI is InChI=1S/C17H14ClF3N2O4S/c1-22-16(24)14-9-23(12-4-2-3-5-13(12)27-14)28(25,26)15-8-10(17(19,20)21)6-7-11(15)18/h2-8,14H,9H2,1H3,(H,22,24). The maximum atomic E-state index is 13.2. The van der Waals surface area contributed by atoms with Gasteiger partial charge in [0.25, 0.3) is 15.9 Å². The van der Waals surface area contributed by atoms with Crippen molar-refractivity contribution in [2.75, 3.05) is 17.9 Å². The molecule has 2 aromatic carbocycles. The minimum absolute atomic E-state index is 0.0936. The lowest BCUT2D eigenvalue weighted by Crippen LogP contribution is -2.50. The second-order valence-corrected chi connectivity index (χ2v) is 8.11. The summed E-state index contributed by atoms with van der Waals surface area (Å²) in [6.07, 6.45) is -5.93. The van der Waals surface area contributed by atoms with Crippen LogP contribution in [0.5, 0.6) is 5.75 Å². The van der Waals surface area contributed by atoms with Gasteiger partial charge in [0.1, 0.15) is 10.6 Å². The van der Waals surface area contributed by atoms with Gasteiger partial charge in [-0.1, -0.05) is 23.7 Å². The number of nitrogens with zero attached hydrogens (tertiary/aromatic N) is 1. The van der Waals surface area contributed by atoms with Crippen molar-refractivity contribution in [1.29, 1.82) is 0 Å². The minimum Gasteiger partial charge on any atom is -0.476 e. The van der Waals surface area contributed by atoms with Gasteiger partial charge < -0.3 is 10.1 Å². The summed E-state index contributed by atoms with van der Waals surface area (Å²) in [5, 5.41) is 1.99. The van der Waals surface area contributed by atoms with Crippen LogP contribution in [-0.2, 0) is 21.0 Å². The molecule has 3 rings (SSSR count). The van der Waals surface area contributed by atoms with Gasteiger partial charge in [-0.15, -0.1) is 0 Å². The molecule has 1 heterocycles. The largest absolute Gasteiger partial charge is 0.476 e. The molecule has 0 bridgehead atoms. The number of ether oxygens (including phenoxy) is 1. The van der Waals surface area contributed by atoms with Crippen molar-refractivity contribution in [3.05, 3.63) is 53.1 Å². The monoisotopic (exact) mass is 434 g/mol. The van der Waals surface area contributed by atoms with Gasteiger partial charge in [-0.3, -0.25) is 9.10 Å². The van der Waals surface area contributed by atoms with E-state index in [4.69, 9.17) is 16.3 Å². The first-order valence-corrected chi connectivity index (χ1v) is 9.74. The number of alkyl halides is 3. The maximum Gasteiger partial charge on any atom is 0.416 e. The maximum absolute atomic E-state index is 13.2. The number of hydrogen-bond donors (Lipinski definition) is 1. The molecule has 0 aromatic heterocycles. The van der Waals surface area contributed by atoms with Crippen molar-refractivity contribution in [2.45, 2.75) is 17.2 Å². The van der Waals surface area contributed by atoms with Crippen molar-refractivity contribution in [3.63, 3.8) is 0 Å².